The standard InChI is InChI=1S/C23H31ClFN/c1-2-3-4-16-5-7-17(8-6-16)18-9-11-19(12-10-18)20-13-22(24)21(15-26)23(25)14-20/h13-14,16-19H,2-12H2,1H3/t16-,17-,18?,19?. The van der Waals surface area contributed by atoms with Crippen molar-refractivity contribution in [1.29, 1.82) is 5.26 Å². The Morgan fingerprint density at radius 1 is 1.04 bits per heavy atom. The summed E-state index contributed by atoms with van der Waals surface area (Å²) in [4.78, 5) is 0. The zero-order valence-corrected chi connectivity index (χ0v) is 16.7. The minimum absolute atomic E-state index is 0.0241. The molecule has 26 heavy (non-hydrogen) atoms. The van der Waals surface area contributed by atoms with E-state index in [4.69, 9.17) is 16.9 Å². The smallest absolute Gasteiger partial charge is 0.142 e. The molecule has 0 unspecified atom stereocenters. The molecule has 0 aromatic heterocycles. The van der Waals surface area contributed by atoms with Crippen molar-refractivity contribution in [3.63, 3.8) is 0 Å². The van der Waals surface area contributed by atoms with Crippen LogP contribution in [-0.4, -0.2) is 0 Å². The van der Waals surface area contributed by atoms with Gasteiger partial charge in [0.05, 0.1) is 5.02 Å². The van der Waals surface area contributed by atoms with Gasteiger partial charge in [0.2, 0.25) is 0 Å². The molecule has 0 spiro atoms. The monoisotopic (exact) mass is 375 g/mol. The molecule has 142 valence electrons. The molecule has 0 N–H and O–H groups in total. The maximum absolute atomic E-state index is 14.1. The van der Waals surface area contributed by atoms with Crippen molar-refractivity contribution in [2.24, 2.45) is 17.8 Å². The van der Waals surface area contributed by atoms with E-state index in [1.54, 1.807) is 0 Å². The Hall–Kier alpha value is -1.07. The maximum atomic E-state index is 14.1. The molecule has 0 amide bonds. The second-order valence-corrected chi connectivity index (χ2v) is 8.91. The average molecular weight is 376 g/mol. The lowest BCUT2D eigenvalue weighted by Crippen LogP contribution is -2.25. The maximum Gasteiger partial charge on any atom is 0.142 e. The van der Waals surface area contributed by atoms with Gasteiger partial charge in [-0.05, 0) is 79.9 Å². The molecule has 2 saturated carbocycles. The van der Waals surface area contributed by atoms with Gasteiger partial charge < -0.3 is 0 Å². The van der Waals surface area contributed by atoms with Crippen LogP contribution in [0.3, 0.4) is 0 Å². The van der Waals surface area contributed by atoms with Crippen LogP contribution in [0.5, 0.6) is 0 Å². The molecule has 0 bridgehead atoms. The Bertz CT molecular complexity index is 611. The fourth-order valence-electron chi connectivity index (χ4n) is 5.30. The van der Waals surface area contributed by atoms with Gasteiger partial charge in [-0.2, -0.15) is 5.26 Å². The van der Waals surface area contributed by atoms with E-state index in [1.165, 1.54) is 63.9 Å². The third-order valence-electron chi connectivity index (χ3n) is 6.94. The quantitative estimate of drug-likeness (QED) is 0.519. The summed E-state index contributed by atoms with van der Waals surface area (Å²) >= 11 is 6.09. The van der Waals surface area contributed by atoms with Gasteiger partial charge in [0, 0.05) is 0 Å². The second-order valence-electron chi connectivity index (χ2n) is 8.51. The van der Waals surface area contributed by atoms with Crippen LogP contribution < -0.4 is 0 Å². The molecule has 2 aliphatic carbocycles. The summed E-state index contributed by atoms with van der Waals surface area (Å²) in [6.07, 6.45) is 14.6. The summed E-state index contributed by atoms with van der Waals surface area (Å²) in [5, 5.41) is 9.23. The molecule has 0 radical (unpaired) electrons. The van der Waals surface area contributed by atoms with Gasteiger partial charge in [-0.25, -0.2) is 4.39 Å². The van der Waals surface area contributed by atoms with Gasteiger partial charge in [-0.3, -0.25) is 0 Å². The van der Waals surface area contributed by atoms with Crippen molar-refractivity contribution in [2.45, 2.75) is 83.5 Å². The van der Waals surface area contributed by atoms with Crippen LogP contribution in [0.25, 0.3) is 0 Å². The summed E-state index contributed by atoms with van der Waals surface area (Å²) in [7, 11) is 0. The van der Waals surface area contributed by atoms with Gasteiger partial charge in [0.15, 0.2) is 0 Å². The average Bonchev–Trinajstić information content (AvgIpc) is 2.67. The normalized spacial score (nSPS) is 29.3. The van der Waals surface area contributed by atoms with Gasteiger partial charge in [-0.1, -0.05) is 50.6 Å². The molecule has 3 rings (SSSR count). The Labute approximate surface area is 162 Å². The largest absolute Gasteiger partial charge is 0.205 e. The Balaban J connectivity index is 1.52. The highest BCUT2D eigenvalue weighted by Crippen LogP contribution is 2.45. The first-order valence-corrected chi connectivity index (χ1v) is 10.9. The highest BCUT2D eigenvalue weighted by Gasteiger charge is 2.31. The number of nitriles is 1. The molecule has 1 aromatic carbocycles. The zero-order valence-electron chi connectivity index (χ0n) is 15.9. The Morgan fingerprint density at radius 3 is 2.19 bits per heavy atom. The van der Waals surface area contributed by atoms with E-state index in [-0.39, 0.29) is 10.6 Å². The first-order chi connectivity index (χ1) is 12.6. The van der Waals surface area contributed by atoms with Gasteiger partial charge in [0.25, 0.3) is 0 Å². The fourth-order valence-corrected chi connectivity index (χ4v) is 5.56. The van der Waals surface area contributed by atoms with Crippen LogP contribution in [0.1, 0.15) is 94.6 Å². The third kappa shape index (κ3) is 4.61. The topological polar surface area (TPSA) is 23.8 Å². The van der Waals surface area contributed by atoms with E-state index in [0.717, 1.165) is 36.2 Å². The molecule has 0 aliphatic heterocycles. The summed E-state index contributed by atoms with van der Waals surface area (Å²) < 4.78 is 14.1. The van der Waals surface area contributed by atoms with Gasteiger partial charge >= 0.3 is 0 Å². The van der Waals surface area contributed by atoms with Crippen LogP contribution in [0.4, 0.5) is 4.39 Å². The number of hydrogen-bond acceptors (Lipinski definition) is 1. The molecule has 0 atom stereocenters. The molecule has 2 aliphatic rings. The van der Waals surface area contributed by atoms with Gasteiger partial charge in [-0.15, -0.1) is 0 Å². The number of halogens is 2. The molecule has 1 aromatic rings. The van der Waals surface area contributed by atoms with Crippen LogP contribution in [0, 0.1) is 34.9 Å². The lowest BCUT2D eigenvalue weighted by Gasteiger charge is -2.38. The minimum atomic E-state index is -0.470. The lowest BCUT2D eigenvalue weighted by molar-refractivity contribution is 0.156. The van der Waals surface area contributed by atoms with Crippen LogP contribution in [-0.2, 0) is 0 Å². The molecular weight excluding hydrogens is 345 g/mol. The lowest BCUT2D eigenvalue weighted by atomic mass is 9.68. The van der Waals surface area contributed by atoms with E-state index >= 15 is 0 Å². The Kier molecular flexibility index (Phi) is 6.98. The van der Waals surface area contributed by atoms with Crippen molar-refractivity contribution < 1.29 is 4.39 Å². The van der Waals surface area contributed by atoms with E-state index < -0.39 is 5.82 Å². The molecule has 1 nitrogen and oxygen atoms in total. The summed E-state index contributed by atoms with van der Waals surface area (Å²) in [6.45, 7) is 2.29. The van der Waals surface area contributed by atoms with Crippen molar-refractivity contribution >= 4 is 11.6 Å². The number of unbranched alkanes of at least 4 members (excludes halogenated alkanes) is 1. The molecule has 3 heteroatoms. The summed E-state index contributed by atoms with van der Waals surface area (Å²) in [5.74, 6) is 2.67. The van der Waals surface area contributed by atoms with E-state index in [2.05, 4.69) is 6.92 Å². The van der Waals surface area contributed by atoms with Crippen molar-refractivity contribution in [3.05, 3.63) is 34.1 Å². The Morgan fingerprint density at radius 2 is 1.65 bits per heavy atom. The highest BCUT2D eigenvalue weighted by atomic mass is 35.5. The summed E-state index contributed by atoms with van der Waals surface area (Å²) in [5.41, 5.74) is 0.956. The summed E-state index contributed by atoms with van der Waals surface area (Å²) in [6, 6.07) is 5.20. The zero-order chi connectivity index (χ0) is 18.5. The first kappa shape index (κ1) is 19.7. The number of nitrogens with zero attached hydrogens (tertiary/aromatic N) is 1. The van der Waals surface area contributed by atoms with Crippen molar-refractivity contribution in [3.8, 4) is 6.07 Å². The van der Waals surface area contributed by atoms with Crippen LogP contribution in [0.15, 0.2) is 12.1 Å². The number of hydrogen-bond donors (Lipinski definition) is 0. The SMILES string of the molecule is CCCC[C@H]1CC[C@H](C2CCC(c3cc(F)c(C#N)c(Cl)c3)CC2)CC1. The molecular formula is C23H31ClFN. The predicted molar refractivity (Wildman–Crippen MR) is 106 cm³/mol. The van der Waals surface area contributed by atoms with E-state index in [0.29, 0.717) is 5.92 Å². The first-order valence-electron chi connectivity index (χ1n) is 10.5. The van der Waals surface area contributed by atoms with E-state index in [1.807, 2.05) is 12.1 Å². The second kappa shape index (κ2) is 9.23. The molecule has 0 heterocycles. The van der Waals surface area contributed by atoms with Crippen LogP contribution >= 0.6 is 11.6 Å². The van der Waals surface area contributed by atoms with Crippen molar-refractivity contribution in [2.75, 3.05) is 0 Å². The fraction of sp³-hybridized carbons (Fsp3) is 0.696. The van der Waals surface area contributed by atoms with Crippen LogP contribution in [0.2, 0.25) is 5.02 Å². The van der Waals surface area contributed by atoms with Gasteiger partial charge in [0.1, 0.15) is 17.4 Å². The highest BCUT2D eigenvalue weighted by molar-refractivity contribution is 6.31. The van der Waals surface area contributed by atoms with Crippen molar-refractivity contribution in [1.82, 2.24) is 0 Å². The third-order valence-corrected chi connectivity index (χ3v) is 7.24. The number of rotatable bonds is 5. The molecule has 0 saturated heterocycles. The molecule has 2 fully saturated rings. The number of benzene rings is 1. The van der Waals surface area contributed by atoms with E-state index in [9.17, 15) is 4.39 Å². The minimum Gasteiger partial charge on any atom is -0.205 e. The predicted octanol–water partition coefficient (Wildman–Crippen LogP) is 7.62.